The van der Waals surface area contributed by atoms with E-state index in [0.717, 1.165) is 6.54 Å². The molecule has 84 valence electrons. The number of nitrogens with one attached hydrogen (secondary N) is 1. The van der Waals surface area contributed by atoms with Gasteiger partial charge in [0.1, 0.15) is 0 Å². The molecule has 4 heteroatoms. The molecule has 2 unspecified atom stereocenters. The van der Waals surface area contributed by atoms with Crippen LogP contribution in [0.3, 0.4) is 0 Å². The normalized spacial score (nSPS) is 24.6. The van der Waals surface area contributed by atoms with Crippen molar-refractivity contribution < 1.29 is 0 Å². The minimum absolute atomic E-state index is 0.374. The number of likely N-dealkylation sites (N-methyl/N-ethyl adjacent to an activating group) is 1. The summed E-state index contributed by atoms with van der Waals surface area (Å²) in [5.41, 5.74) is 1.29. The van der Waals surface area contributed by atoms with Gasteiger partial charge in [-0.05, 0) is 40.1 Å². The number of nitrogens with zero attached hydrogens (tertiary/aromatic N) is 3. The van der Waals surface area contributed by atoms with Crippen molar-refractivity contribution in [2.75, 3.05) is 27.2 Å². The third kappa shape index (κ3) is 2.06. The van der Waals surface area contributed by atoms with Crippen molar-refractivity contribution in [2.45, 2.75) is 25.4 Å². The van der Waals surface area contributed by atoms with Gasteiger partial charge >= 0.3 is 0 Å². The van der Waals surface area contributed by atoms with Crippen LogP contribution in [0.5, 0.6) is 0 Å². The number of hydrogen-bond donors (Lipinski definition) is 1. The Labute approximate surface area is 91.3 Å². The van der Waals surface area contributed by atoms with Crippen LogP contribution < -0.4 is 5.32 Å². The second-order valence-corrected chi connectivity index (χ2v) is 4.42. The molecule has 1 fully saturated rings. The van der Waals surface area contributed by atoms with Gasteiger partial charge in [-0.3, -0.25) is 4.68 Å². The van der Waals surface area contributed by atoms with Crippen LogP contribution >= 0.6 is 0 Å². The van der Waals surface area contributed by atoms with Crippen molar-refractivity contribution in [3.63, 3.8) is 0 Å². The number of aromatic nitrogens is 2. The molecular formula is C11H20N4. The minimum Gasteiger partial charge on any atom is -0.312 e. The van der Waals surface area contributed by atoms with Crippen LogP contribution in [0.15, 0.2) is 12.3 Å². The van der Waals surface area contributed by atoms with Crippen LogP contribution in [0.1, 0.15) is 31.1 Å². The van der Waals surface area contributed by atoms with Gasteiger partial charge in [0.2, 0.25) is 0 Å². The zero-order chi connectivity index (χ0) is 10.8. The van der Waals surface area contributed by atoms with E-state index >= 15 is 0 Å². The lowest BCUT2D eigenvalue weighted by Crippen LogP contribution is -2.22. The van der Waals surface area contributed by atoms with Gasteiger partial charge in [0.05, 0.1) is 11.7 Å². The molecule has 1 aromatic rings. The average molecular weight is 208 g/mol. The Morgan fingerprint density at radius 2 is 2.40 bits per heavy atom. The summed E-state index contributed by atoms with van der Waals surface area (Å²) in [6.07, 6.45) is 3.11. The highest BCUT2D eigenvalue weighted by atomic mass is 15.3. The molecule has 4 nitrogen and oxygen atoms in total. The Morgan fingerprint density at radius 1 is 1.60 bits per heavy atom. The van der Waals surface area contributed by atoms with Crippen LogP contribution in [0, 0.1) is 0 Å². The van der Waals surface area contributed by atoms with E-state index in [2.05, 4.69) is 40.0 Å². The van der Waals surface area contributed by atoms with Crippen molar-refractivity contribution in [1.82, 2.24) is 20.0 Å². The van der Waals surface area contributed by atoms with Gasteiger partial charge in [0.25, 0.3) is 0 Å². The Morgan fingerprint density at radius 3 is 3.00 bits per heavy atom. The Kier molecular flexibility index (Phi) is 3.07. The van der Waals surface area contributed by atoms with E-state index in [0.29, 0.717) is 12.1 Å². The zero-order valence-electron chi connectivity index (χ0n) is 9.77. The van der Waals surface area contributed by atoms with E-state index in [1.807, 2.05) is 13.2 Å². The number of rotatable bonds is 3. The first-order valence-corrected chi connectivity index (χ1v) is 5.61. The van der Waals surface area contributed by atoms with Crippen LogP contribution in [-0.4, -0.2) is 41.9 Å². The van der Waals surface area contributed by atoms with Crippen molar-refractivity contribution in [1.29, 1.82) is 0 Å². The fourth-order valence-electron chi connectivity index (χ4n) is 2.23. The Balaban J connectivity index is 2.17. The van der Waals surface area contributed by atoms with Crippen LogP contribution in [0.2, 0.25) is 0 Å². The largest absolute Gasteiger partial charge is 0.312 e. The Hall–Kier alpha value is -0.870. The highest BCUT2D eigenvalue weighted by Crippen LogP contribution is 2.23. The maximum atomic E-state index is 4.45. The quantitative estimate of drug-likeness (QED) is 0.805. The van der Waals surface area contributed by atoms with Gasteiger partial charge in [-0.25, -0.2) is 0 Å². The summed E-state index contributed by atoms with van der Waals surface area (Å²) in [6, 6.07) is 3.04. The number of hydrogen-bond acceptors (Lipinski definition) is 3. The van der Waals surface area contributed by atoms with Crippen LogP contribution in [0.4, 0.5) is 0 Å². The molecule has 1 aromatic heterocycles. The van der Waals surface area contributed by atoms with E-state index in [4.69, 9.17) is 0 Å². The van der Waals surface area contributed by atoms with Crippen LogP contribution in [0.25, 0.3) is 0 Å². The molecule has 1 N–H and O–H groups in total. The fourth-order valence-corrected chi connectivity index (χ4v) is 2.23. The number of likely N-dealkylation sites (tertiary alicyclic amines) is 1. The van der Waals surface area contributed by atoms with Crippen molar-refractivity contribution in [3.05, 3.63) is 18.0 Å². The van der Waals surface area contributed by atoms with Gasteiger partial charge in [0.15, 0.2) is 0 Å². The second-order valence-electron chi connectivity index (χ2n) is 4.42. The monoisotopic (exact) mass is 208 g/mol. The van der Waals surface area contributed by atoms with E-state index in [9.17, 15) is 0 Å². The molecule has 0 aromatic carbocycles. The summed E-state index contributed by atoms with van der Waals surface area (Å²) in [7, 11) is 4.16. The lowest BCUT2D eigenvalue weighted by atomic mass is 10.2. The van der Waals surface area contributed by atoms with E-state index in [1.54, 1.807) is 0 Å². The summed E-state index contributed by atoms with van der Waals surface area (Å²) >= 11 is 0. The van der Waals surface area contributed by atoms with Gasteiger partial charge in [0, 0.05) is 18.8 Å². The summed E-state index contributed by atoms with van der Waals surface area (Å²) < 4.78 is 2.19. The lowest BCUT2D eigenvalue weighted by Gasteiger charge is -2.18. The SMILES string of the molecule is CNC(C)c1ccnn1C1CCN(C)C1. The standard InChI is InChI=1S/C11H20N4/c1-9(12-2)11-4-6-13-15(11)10-5-7-14(3)8-10/h4,6,9-10,12H,5,7-8H2,1-3H3. The molecule has 2 rings (SSSR count). The minimum atomic E-state index is 0.374. The topological polar surface area (TPSA) is 33.1 Å². The first-order valence-electron chi connectivity index (χ1n) is 5.61. The predicted molar refractivity (Wildman–Crippen MR) is 60.9 cm³/mol. The molecule has 1 saturated heterocycles. The summed E-state index contributed by atoms with van der Waals surface area (Å²) in [5, 5.41) is 7.72. The predicted octanol–water partition coefficient (Wildman–Crippen LogP) is 1.04. The zero-order valence-corrected chi connectivity index (χ0v) is 9.77. The van der Waals surface area contributed by atoms with Gasteiger partial charge < -0.3 is 10.2 Å². The third-order valence-electron chi connectivity index (χ3n) is 3.29. The third-order valence-corrected chi connectivity index (χ3v) is 3.29. The molecule has 2 atom stereocenters. The molecule has 0 radical (unpaired) electrons. The highest BCUT2D eigenvalue weighted by molar-refractivity contribution is 5.07. The molecular weight excluding hydrogens is 188 g/mol. The van der Waals surface area contributed by atoms with Crippen molar-refractivity contribution >= 4 is 0 Å². The highest BCUT2D eigenvalue weighted by Gasteiger charge is 2.24. The van der Waals surface area contributed by atoms with E-state index in [-0.39, 0.29) is 0 Å². The lowest BCUT2D eigenvalue weighted by molar-refractivity contribution is 0.372. The first kappa shape index (κ1) is 10.6. The van der Waals surface area contributed by atoms with Crippen molar-refractivity contribution in [3.8, 4) is 0 Å². The van der Waals surface area contributed by atoms with Gasteiger partial charge in [-0.15, -0.1) is 0 Å². The maximum absolute atomic E-state index is 4.45. The van der Waals surface area contributed by atoms with Gasteiger partial charge in [-0.2, -0.15) is 5.10 Å². The second kappa shape index (κ2) is 4.33. The molecule has 15 heavy (non-hydrogen) atoms. The Bertz CT molecular complexity index is 320. The molecule has 0 aliphatic carbocycles. The van der Waals surface area contributed by atoms with Crippen molar-refractivity contribution in [2.24, 2.45) is 0 Å². The van der Waals surface area contributed by atoms with Gasteiger partial charge in [-0.1, -0.05) is 0 Å². The van der Waals surface area contributed by atoms with E-state index < -0.39 is 0 Å². The summed E-state index contributed by atoms with van der Waals surface area (Å²) in [6.45, 7) is 4.47. The average Bonchev–Trinajstić information content (AvgIpc) is 2.84. The summed E-state index contributed by atoms with van der Waals surface area (Å²) in [5.74, 6) is 0. The first-order chi connectivity index (χ1) is 7.22. The smallest absolute Gasteiger partial charge is 0.0662 e. The molecule has 1 aliphatic heterocycles. The van der Waals surface area contributed by atoms with E-state index in [1.165, 1.54) is 18.7 Å². The molecule has 0 bridgehead atoms. The molecule has 0 amide bonds. The molecule has 2 heterocycles. The maximum Gasteiger partial charge on any atom is 0.0662 e. The summed E-state index contributed by atoms with van der Waals surface area (Å²) in [4.78, 5) is 2.36. The molecule has 0 saturated carbocycles. The fraction of sp³-hybridized carbons (Fsp3) is 0.727. The van der Waals surface area contributed by atoms with Crippen LogP contribution in [-0.2, 0) is 0 Å². The molecule has 1 aliphatic rings. The molecule has 0 spiro atoms.